The van der Waals surface area contributed by atoms with E-state index in [0.717, 1.165) is 38.3 Å². The van der Waals surface area contributed by atoms with Crippen LogP contribution in [0, 0.1) is 0 Å². The minimum Gasteiger partial charge on any atom is -0.355 e. The van der Waals surface area contributed by atoms with Gasteiger partial charge in [-0.3, -0.25) is 9.69 Å². The van der Waals surface area contributed by atoms with E-state index >= 15 is 0 Å². The molecule has 0 unspecified atom stereocenters. The highest BCUT2D eigenvalue weighted by molar-refractivity contribution is 6.30. The van der Waals surface area contributed by atoms with Crippen molar-refractivity contribution in [2.45, 2.75) is 6.42 Å². The second-order valence-corrected chi connectivity index (χ2v) is 5.18. The van der Waals surface area contributed by atoms with Crippen LogP contribution in [0.15, 0.2) is 24.3 Å². The SMILES string of the molecule is Cl.O=C(Cc1ccc(Cl)cc1)NCCN1CCNCC1. The molecular weight excluding hydrogens is 297 g/mol. The molecule has 2 N–H and O–H groups in total. The third-order valence-corrected chi connectivity index (χ3v) is 3.49. The van der Waals surface area contributed by atoms with Crippen molar-refractivity contribution in [1.29, 1.82) is 0 Å². The third kappa shape index (κ3) is 6.09. The van der Waals surface area contributed by atoms with Crippen molar-refractivity contribution in [3.05, 3.63) is 34.9 Å². The smallest absolute Gasteiger partial charge is 0.224 e. The Labute approximate surface area is 131 Å². The second kappa shape index (κ2) is 9.19. The van der Waals surface area contributed by atoms with Gasteiger partial charge in [0.2, 0.25) is 5.91 Å². The van der Waals surface area contributed by atoms with Crippen LogP contribution in [0.5, 0.6) is 0 Å². The molecule has 112 valence electrons. The number of halogens is 2. The topological polar surface area (TPSA) is 44.4 Å². The fourth-order valence-corrected chi connectivity index (χ4v) is 2.26. The third-order valence-electron chi connectivity index (χ3n) is 3.24. The van der Waals surface area contributed by atoms with Crippen molar-refractivity contribution in [1.82, 2.24) is 15.5 Å². The second-order valence-electron chi connectivity index (χ2n) is 4.74. The lowest BCUT2D eigenvalue weighted by atomic mass is 10.1. The zero-order valence-corrected chi connectivity index (χ0v) is 13.0. The predicted molar refractivity (Wildman–Crippen MR) is 84.7 cm³/mol. The summed E-state index contributed by atoms with van der Waals surface area (Å²) in [6.45, 7) is 5.85. The van der Waals surface area contributed by atoms with Gasteiger partial charge in [-0.2, -0.15) is 0 Å². The Morgan fingerprint density at radius 3 is 2.55 bits per heavy atom. The normalized spacial score (nSPS) is 15.4. The maximum absolute atomic E-state index is 11.8. The molecule has 1 aromatic carbocycles. The fourth-order valence-electron chi connectivity index (χ4n) is 2.14. The minimum atomic E-state index is 0. The average Bonchev–Trinajstić information content (AvgIpc) is 2.43. The lowest BCUT2D eigenvalue weighted by Gasteiger charge is -2.27. The zero-order chi connectivity index (χ0) is 13.5. The first-order chi connectivity index (χ1) is 9.24. The van der Waals surface area contributed by atoms with Crippen LogP contribution in [0.25, 0.3) is 0 Å². The van der Waals surface area contributed by atoms with Gasteiger partial charge in [0.1, 0.15) is 0 Å². The van der Waals surface area contributed by atoms with Gasteiger partial charge < -0.3 is 10.6 Å². The highest BCUT2D eigenvalue weighted by atomic mass is 35.5. The van der Waals surface area contributed by atoms with Crippen LogP contribution in [0.3, 0.4) is 0 Å². The summed E-state index contributed by atoms with van der Waals surface area (Å²) in [5.41, 5.74) is 0.990. The molecule has 0 atom stereocenters. The van der Waals surface area contributed by atoms with E-state index in [-0.39, 0.29) is 18.3 Å². The summed E-state index contributed by atoms with van der Waals surface area (Å²) in [4.78, 5) is 14.1. The molecule has 0 radical (unpaired) electrons. The lowest BCUT2D eigenvalue weighted by Crippen LogP contribution is -2.46. The van der Waals surface area contributed by atoms with E-state index in [2.05, 4.69) is 15.5 Å². The summed E-state index contributed by atoms with van der Waals surface area (Å²) in [6.07, 6.45) is 0.415. The Kier molecular flexibility index (Phi) is 7.92. The maximum Gasteiger partial charge on any atom is 0.224 e. The van der Waals surface area contributed by atoms with Crippen molar-refractivity contribution in [3.63, 3.8) is 0 Å². The number of carbonyl (C=O) groups excluding carboxylic acids is 1. The van der Waals surface area contributed by atoms with Crippen LogP contribution in [0.4, 0.5) is 0 Å². The van der Waals surface area contributed by atoms with Crippen LogP contribution in [-0.2, 0) is 11.2 Å². The Balaban J connectivity index is 0.00000200. The quantitative estimate of drug-likeness (QED) is 0.861. The molecule has 1 aromatic rings. The van der Waals surface area contributed by atoms with Gasteiger partial charge in [-0.05, 0) is 17.7 Å². The summed E-state index contributed by atoms with van der Waals surface area (Å²) in [6, 6.07) is 7.40. The number of rotatable bonds is 5. The summed E-state index contributed by atoms with van der Waals surface area (Å²) in [5.74, 6) is 0.0671. The van der Waals surface area contributed by atoms with Gasteiger partial charge in [-0.15, -0.1) is 12.4 Å². The number of carbonyl (C=O) groups is 1. The average molecular weight is 318 g/mol. The summed E-state index contributed by atoms with van der Waals surface area (Å²) < 4.78 is 0. The van der Waals surface area contributed by atoms with Crippen molar-refractivity contribution in [3.8, 4) is 0 Å². The molecule has 1 amide bonds. The van der Waals surface area contributed by atoms with Gasteiger partial charge in [0.25, 0.3) is 0 Å². The Bertz CT molecular complexity index is 405. The fraction of sp³-hybridized carbons (Fsp3) is 0.500. The first-order valence-corrected chi connectivity index (χ1v) is 7.06. The first kappa shape index (κ1) is 17.2. The summed E-state index contributed by atoms with van der Waals surface area (Å²) >= 11 is 5.81. The van der Waals surface area contributed by atoms with Gasteiger partial charge in [0.15, 0.2) is 0 Å². The number of hydrogen-bond acceptors (Lipinski definition) is 3. The molecule has 1 aliphatic heterocycles. The highest BCUT2D eigenvalue weighted by Crippen LogP contribution is 2.09. The van der Waals surface area contributed by atoms with Gasteiger partial charge in [0.05, 0.1) is 6.42 Å². The summed E-state index contributed by atoms with van der Waals surface area (Å²) in [5, 5.41) is 6.97. The molecule has 0 aliphatic carbocycles. The van der Waals surface area contributed by atoms with E-state index in [1.165, 1.54) is 0 Å². The standard InChI is InChI=1S/C14H20ClN3O.ClH/c15-13-3-1-12(2-4-13)11-14(19)17-7-10-18-8-5-16-6-9-18;/h1-4,16H,5-11H2,(H,17,19);1H. The van der Waals surface area contributed by atoms with E-state index in [9.17, 15) is 4.79 Å². The Hall–Kier alpha value is -0.810. The van der Waals surface area contributed by atoms with Crippen LogP contribution >= 0.6 is 24.0 Å². The van der Waals surface area contributed by atoms with Gasteiger partial charge >= 0.3 is 0 Å². The Morgan fingerprint density at radius 2 is 1.90 bits per heavy atom. The van der Waals surface area contributed by atoms with Crippen molar-refractivity contribution in [2.75, 3.05) is 39.3 Å². The van der Waals surface area contributed by atoms with E-state index in [1.54, 1.807) is 0 Å². The number of piperazine rings is 1. The molecule has 1 fully saturated rings. The Morgan fingerprint density at radius 1 is 1.25 bits per heavy atom. The molecule has 0 spiro atoms. The highest BCUT2D eigenvalue weighted by Gasteiger charge is 2.09. The van der Waals surface area contributed by atoms with E-state index < -0.39 is 0 Å². The van der Waals surface area contributed by atoms with E-state index in [4.69, 9.17) is 11.6 Å². The molecule has 0 bridgehead atoms. The summed E-state index contributed by atoms with van der Waals surface area (Å²) in [7, 11) is 0. The predicted octanol–water partition coefficient (Wildman–Crippen LogP) is 1.33. The van der Waals surface area contributed by atoms with Crippen LogP contribution < -0.4 is 10.6 Å². The minimum absolute atomic E-state index is 0. The molecule has 1 saturated heterocycles. The van der Waals surface area contributed by atoms with Crippen LogP contribution in [-0.4, -0.2) is 50.1 Å². The maximum atomic E-state index is 11.8. The van der Waals surface area contributed by atoms with Crippen molar-refractivity contribution < 1.29 is 4.79 Å². The van der Waals surface area contributed by atoms with Gasteiger partial charge in [-0.25, -0.2) is 0 Å². The number of nitrogens with one attached hydrogen (secondary N) is 2. The van der Waals surface area contributed by atoms with E-state index in [0.29, 0.717) is 18.0 Å². The number of amides is 1. The van der Waals surface area contributed by atoms with Crippen LogP contribution in [0.1, 0.15) is 5.56 Å². The van der Waals surface area contributed by atoms with Crippen molar-refractivity contribution in [2.24, 2.45) is 0 Å². The molecule has 6 heteroatoms. The first-order valence-electron chi connectivity index (χ1n) is 6.68. The molecule has 0 aromatic heterocycles. The van der Waals surface area contributed by atoms with Gasteiger partial charge in [0, 0.05) is 44.3 Å². The number of hydrogen-bond donors (Lipinski definition) is 2. The molecule has 4 nitrogen and oxygen atoms in total. The monoisotopic (exact) mass is 317 g/mol. The molecule has 0 saturated carbocycles. The lowest BCUT2D eigenvalue weighted by molar-refractivity contribution is -0.120. The largest absolute Gasteiger partial charge is 0.355 e. The molecular formula is C14H21Cl2N3O. The van der Waals surface area contributed by atoms with E-state index in [1.807, 2.05) is 24.3 Å². The zero-order valence-electron chi connectivity index (χ0n) is 11.4. The number of nitrogens with zero attached hydrogens (tertiary/aromatic N) is 1. The van der Waals surface area contributed by atoms with Crippen LogP contribution in [0.2, 0.25) is 5.02 Å². The van der Waals surface area contributed by atoms with Gasteiger partial charge in [-0.1, -0.05) is 23.7 Å². The molecule has 2 rings (SSSR count). The molecule has 1 aliphatic rings. The number of benzene rings is 1. The van der Waals surface area contributed by atoms with Crippen molar-refractivity contribution >= 4 is 29.9 Å². The molecule has 20 heavy (non-hydrogen) atoms. The molecule has 1 heterocycles.